The molecule has 7 heteroatoms. The highest BCUT2D eigenvalue weighted by Crippen LogP contribution is 2.28. The molecule has 2 rings (SSSR count). The van der Waals surface area contributed by atoms with Gasteiger partial charge < -0.3 is 15.2 Å². The molecule has 0 saturated heterocycles. The fourth-order valence-corrected chi connectivity index (χ4v) is 3.56. The third-order valence-corrected chi connectivity index (χ3v) is 5.36. The molecule has 0 spiro atoms. The van der Waals surface area contributed by atoms with Crippen molar-refractivity contribution in [2.75, 3.05) is 13.7 Å². The molecule has 2 unspecified atom stereocenters. The van der Waals surface area contributed by atoms with Gasteiger partial charge in [-0.05, 0) is 37.1 Å². The van der Waals surface area contributed by atoms with Crippen LogP contribution in [0.25, 0.3) is 0 Å². The first-order valence-electron chi connectivity index (χ1n) is 7.80. The molecule has 5 nitrogen and oxygen atoms in total. The molecular formula is C18H20ClNO4S. The van der Waals surface area contributed by atoms with Crippen LogP contribution in [0, 0.1) is 5.92 Å². The topological polar surface area (TPSA) is 75.6 Å². The molecule has 1 heterocycles. The van der Waals surface area contributed by atoms with E-state index in [0.717, 1.165) is 10.4 Å². The van der Waals surface area contributed by atoms with Crippen LogP contribution in [0.4, 0.5) is 0 Å². The first-order valence-corrected chi connectivity index (χ1v) is 8.99. The monoisotopic (exact) mass is 381 g/mol. The Morgan fingerprint density at radius 1 is 1.28 bits per heavy atom. The number of methoxy groups -OCH3 is 1. The Hall–Kier alpha value is -2.05. The smallest absolute Gasteiger partial charge is 0.308 e. The molecule has 0 aliphatic rings. The molecule has 0 bridgehead atoms. The van der Waals surface area contributed by atoms with Gasteiger partial charge in [-0.1, -0.05) is 29.8 Å². The number of carboxylic acids is 1. The third kappa shape index (κ3) is 5.21. The van der Waals surface area contributed by atoms with E-state index in [1.165, 1.54) is 11.3 Å². The normalized spacial score (nSPS) is 13.1. The number of nitrogens with one attached hydrogen (secondary N) is 1. The standard InChI is InChI=1S/C18H20ClNO4S/c1-11(15-7-8-16(19)25-15)17(21)20-10-13(18(22)23)9-12-5-3-4-6-14(12)24-2/h3-8,11,13H,9-10H2,1-2H3,(H,20,21)(H,22,23). The van der Waals surface area contributed by atoms with Gasteiger partial charge in [-0.3, -0.25) is 9.59 Å². The van der Waals surface area contributed by atoms with Crippen LogP contribution in [0.2, 0.25) is 4.34 Å². The molecule has 134 valence electrons. The average Bonchev–Trinajstić information content (AvgIpc) is 3.04. The lowest BCUT2D eigenvalue weighted by molar-refractivity contribution is -0.141. The van der Waals surface area contributed by atoms with Crippen molar-refractivity contribution in [3.63, 3.8) is 0 Å². The summed E-state index contributed by atoms with van der Waals surface area (Å²) in [5.41, 5.74) is 0.796. The maximum Gasteiger partial charge on any atom is 0.308 e. The van der Waals surface area contributed by atoms with Crippen LogP contribution >= 0.6 is 22.9 Å². The molecule has 25 heavy (non-hydrogen) atoms. The van der Waals surface area contributed by atoms with Crippen molar-refractivity contribution < 1.29 is 19.4 Å². The molecule has 0 radical (unpaired) electrons. The van der Waals surface area contributed by atoms with Crippen LogP contribution < -0.4 is 10.1 Å². The van der Waals surface area contributed by atoms with E-state index in [1.54, 1.807) is 32.2 Å². The number of thiophene rings is 1. The predicted molar refractivity (Wildman–Crippen MR) is 98.6 cm³/mol. The van der Waals surface area contributed by atoms with Crippen LogP contribution in [0.1, 0.15) is 23.3 Å². The highest BCUT2D eigenvalue weighted by atomic mass is 35.5. The van der Waals surface area contributed by atoms with Crippen molar-refractivity contribution in [1.29, 1.82) is 0 Å². The number of rotatable bonds is 8. The lowest BCUT2D eigenvalue weighted by atomic mass is 9.98. The largest absolute Gasteiger partial charge is 0.496 e. The molecular weight excluding hydrogens is 362 g/mol. The van der Waals surface area contributed by atoms with E-state index >= 15 is 0 Å². The minimum absolute atomic E-state index is 0.0513. The maximum absolute atomic E-state index is 12.3. The van der Waals surface area contributed by atoms with Gasteiger partial charge in [-0.2, -0.15) is 0 Å². The number of ether oxygens (including phenoxy) is 1. The Morgan fingerprint density at radius 3 is 2.60 bits per heavy atom. The molecule has 1 amide bonds. The zero-order valence-electron chi connectivity index (χ0n) is 14.0. The molecule has 0 aliphatic carbocycles. The average molecular weight is 382 g/mol. The maximum atomic E-state index is 12.3. The van der Waals surface area contributed by atoms with Gasteiger partial charge in [0, 0.05) is 11.4 Å². The second-order valence-corrected chi connectivity index (χ2v) is 7.41. The van der Waals surface area contributed by atoms with Gasteiger partial charge in [0.15, 0.2) is 0 Å². The number of amides is 1. The number of aliphatic carboxylic acids is 1. The highest BCUT2D eigenvalue weighted by Gasteiger charge is 2.23. The summed E-state index contributed by atoms with van der Waals surface area (Å²) in [4.78, 5) is 24.7. The summed E-state index contributed by atoms with van der Waals surface area (Å²) in [6.07, 6.45) is 0.277. The van der Waals surface area contributed by atoms with Gasteiger partial charge in [0.25, 0.3) is 0 Å². The van der Waals surface area contributed by atoms with Gasteiger partial charge in [0.05, 0.1) is 23.3 Å². The minimum Gasteiger partial charge on any atom is -0.496 e. The molecule has 2 N–H and O–H groups in total. The Labute approximate surface area is 155 Å². The lowest BCUT2D eigenvalue weighted by Crippen LogP contribution is -2.36. The number of para-hydroxylation sites is 1. The van der Waals surface area contributed by atoms with E-state index in [2.05, 4.69) is 5.32 Å². The third-order valence-electron chi connectivity index (χ3n) is 3.94. The molecule has 0 aliphatic heterocycles. The van der Waals surface area contributed by atoms with Crippen LogP contribution in [0.15, 0.2) is 36.4 Å². The Balaban J connectivity index is 1.99. The number of hydrogen-bond donors (Lipinski definition) is 2. The van der Waals surface area contributed by atoms with Crippen molar-refractivity contribution >= 4 is 34.8 Å². The van der Waals surface area contributed by atoms with E-state index in [4.69, 9.17) is 16.3 Å². The van der Waals surface area contributed by atoms with E-state index in [0.29, 0.717) is 10.1 Å². The van der Waals surface area contributed by atoms with Crippen molar-refractivity contribution in [3.8, 4) is 5.75 Å². The summed E-state index contributed by atoms with van der Waals surface area (Å²) in [5, 5.41) is 12.2. The zero-order valence-corrected chi connectivity index (χ0v) is 15.6. The van der Waals surface area contributed by atoms with E-state index in [9.17, 15) is 14.7 Å². The molecule has 1 aromatic carbocycles. The second kappa shape index (κ2) is 8.87. The fourth-order valence-electron chi connectivity index (χ4n) is 2.45. The number of carboxylic acid groups (broad SMARTS) is 1. The van der Waals surface area contributed by atoms with Crippen LogP contribution in [0.5, 0.6) is 5.75 Å². The van der Waals surface area contributed by atoms with Crippen molar-refractivity contribution in [2.45, 2.75) is 19.3 Å². The zero-order chi connectivity index (χ0) is 18.4. The quantitative estimate of drug-likeness (QED) is 0.732. The van der Waals surface area contributed by atoms with E-state index in [-0.39, 0.29) is 24.8 Å². The summed E-state index contributed by atoms with van der Waals surface area (Å²) in [5.74, 6) is -1.65. The molecule has 0 saturated carbocycles. The first-order chi connectivity index (χ1) is 11.9. The summed E-state index contributed by atoms with van der Waals surface area (Å²) in [7, 11) is 1.55. The minimum atomic E-state index is -0.960. The number of benzene rings is 1. The highest BCUT2D eigenvalue weighted by molar-refractivity contribution is 7.16. The SMILES string of the molecule is COc1ccccc1CC(CNC(=O)C(C)c1ccc(Cl)s1)C(=O)O. The fraction of sp³-hybridized carbons (Fsp3) is 0.333. The van der Waals surface area contributed by atoms with Gasteiger partial charge in [0.2, 0.25) is 5.91 Å². The summed E-state index contributed by atoms with van der Waals surface area (Å²) in [6, 6.07) is 10.8. The summed E-state index contributed by atoms with van der Waals surface area (Å²) < 4.78 is 5.88. The van der Waals surface area contributed by atoms with Crippen molar-refractivity contribution in [3.05, 3.63) is 51.2 Å². The Kier molecular flexibility index (Phi) is 6.84. The Bertz CT molecular complexity index is 746. The van der Waals surface area contributed by atoms with E-state index in [1.807, 2.05) is 18.2 Å². The molecule has 1 aromatic heterocycles. The number of carbonyl (C=O) groups is 2. The first kappa shape index (κ1) is 19.3. The number of halogens is 1. The van der Waals surface area contributed by atoms with Gasteiger partial charge in [0.1, 0.15) is 5.75 Å². The van der Waals surface area contributed by atoms with Crippen LogP contribution in [0.3, 0.4) is 0 Å². The summed E-state index contributed by atoms with van der Waals surface area (Å²) in [6.45, 7) is 1.82. The molecule has 0 fully saturated rings. The summed E-state index contributed by atoms with van der Waals surface area (Å²) >= 11 is 7.24. The molecule has 2 atom stereocenters. The van der Waals surface area contributed by atoms with Crippen molar-refractivity contribution in [1.82, 2.24) is 5.32 Å². The van der Waals surface area contributed by atoms with Gasteiger partial charge in [-0.15, -0.1) is 11.3 Å². The predicted octanol–water partition coefficient (Wildman–Crippen LogP) is 3.57. The second-order valence-electron chi connectivity index (χ2n) is 5.66. The van der Waals surface area contributed by atoms with Crippen LogP contribution in [-0.4, -0.2) is 30.6 Å². The van der Waals surface area contributed by atoms with Crippen molar-refractivity contribution in [2.24, 2.45) is 5.92 Å². The lowest BCUT2D eigenvalue weighted by Gasteiger charge is -2.17. The number of carbonyl (C=O) groups excluding carboxylic acids is 1. The molecule has 2 aromatic rings. The van der Waals surface area contributed by atoms with Gasteiger partial charge >= 0.3 is 5.97 Å². The Morgan fingerprint density at radius 2 is 2.00 bits per heavy atom. The van der Waals surface area contributed by atoms with Crippen LogP contribution in [-0.2, 0) is 16.0 Å². The van der Waals surface area contributed by atoms with Gasteiger partial charge in [-0.25, -0.2) is 0 Å². The van der Waals surface area contributed by atoms with E-state index < -0.39 is 11.9 Å². The number of hydrogen-bond acceptors (Lipinski definition) is 4.